The van der Waals surface area contributed by atoms with Crippen LogP contribution in [0.15, 0.2) is 79.0 Å². The lowest BCUT2D eigenvalue weighted by atomic mass is 9.94. The molecule has 3 heterocycles. The average molecular weight is 519 g/mol. The molecule has 38 heavy (non-hydrogen) atoms. The Morgan fingerprint density at radius 2 is 1.61 bits per heavy atom. The second kappa shape index (κ2) is 9.83. The molecule has 0 bridgehead atoms. The highest BCUT2D eigenvalue weighted by Crippen LogP contribution is 2.34. The zero-order chi connectivity index (χ0) is 26.3. The molecule has 1 fully saturated rings. The normalized spacial score (nSPS) is 18.6. The fourth-order valence-electron chi connectivity index (χ4n) is 5.81. The number of carbonyl (C=O) groups excluding carboxylic acids is 1. The summed E-state index contributed by atoms with van der Waals surface area (Å²) >= 11 is 0. The Labute approximate surface area is 219 Å². The van der Waals surface area contributed by atoms with Crippen LogP contribution in [0.4, 0.5) is 24.5 Å². The summed E-state index contributed by atoms with van der Waals surface area (Å²) in [5.74, 6) is -0.256. The van der Waals surface area contributed by atoms with E-state index in [0.29, 0.717) is 0 Å². The molecule has 1 aromatic heterocycles. The number of piperazine rings is 1. The van der Waals surface area contributed by atoms with Gasteiger partial charge in [0.25, 0.3) is 5.91 Å². The second-order valence-corrected chi connectivity index (χ2v) is 10.1. The van der Waals surface area contributed by atoms with Crippen molar-refractivity contribution in [1.29, 1.82) is 0 Å². The molecule has 1 unspecified atom stereocenters. The summed E-state index contributed by atoms with van der Waals surface area (Å²) in [6.07, 6.45) is -0.788. The van der Waals surface area contributed by atoms with Crippen molar-refractivity contribution in [3.8, 4) is 0 Å². The number of anilines is 2. The fraction of sp³-hybridized carbons (Fsp3) is 0.300. The highest BCUT2D eigenvalue weighted by Gasteiger charge is 2.35. The van der Waals surface area contributed by atoms with E-state index in [2.05, 4.69) is 39.0 Å². The number of aromatic nitrogens is 1. The van der Waals surface area contributed by atoms with Gasteiger partial charge in [-0.3, -0.25) is 9.69 Å². The van der Waals surface area contributed by atoms with E-state index in [1.165, 1.54) is 23.2 Å². The lowest BCUT2D eigenvalue weighted by Gasteiger charge is -2.42. The van der Waals surface area contributed by atoms with Crippen molar-refractivity contribution < 1.29 is 18.0 Å². The number of rotatable bonds is 4. The van der Waals surface area contributed by atoms with Crippen LogP contribution < -0.4 is 9.80 Å². The number of benzene rings is 3. The second-order valence-electron chi connectivity index (χ2n) is 10.1. The molecule has 2 aliphatic heterocycles. The molecule has 1 N–H and O–H groups in total. The van der Waals surface area contributed by atoms with E-state index in [0.717, 1.165) is 74.5 Å². The van der Waals surface area contributed by atoms with Gasteiger partial charge in [0.2, 0.25) is 0 Å². The van der Waals surface area contributed by atoms with E-state index in [9.17, 15) is 18.0 Å². The molecule has 196 valence electrons. The Kier molecular flexibility index (Phi) is 6.35. The minimum absolute atomic E-state index is 0.0562. The number of amides is 1. The molecule has 0 radical (unpaired) electrons. The standard InChI is InChI=1S/C30H29F3N4O/c31-30(32,33)23-11-8-22(9-12-23)29(38)37-24(13-10-21-4-1-2-6-27(21)37)20-35-16-18-36(19-17-35)28-7-3-5-26-25(28)14-15-34-26/h1-9,11-12,14-15,24,34H,10,13,16-20H2. The number of nitrogens with one attached hydrogen (secondary N) is 1. The van der Waals surface area contributed by atoms with Crippen molar-refractivity contribution in [2.75, 3.05) is 42.5 Å². The van der Waals surface area contributed by atoms with E-state index < -0.39 is 11.7 Å². The van der Waals surface area contributed by atoms with Gasteiger partial charge in [0, 0.05) is 66.8 Å². The number of hydrogen-bond acceptors (Lipinski definition) is 3. The molecular weight excluding hydrogens is 489 g/mol. The number of halogens is 3. The Bertz CT molecular complexity index is 1440. The lowest BCUT2D eigenvalue weighted by molar-refractivity contribution is -0.137. The number of aryl methyl sites for hydroxylation is 1. The molecule has 0 aliphatic carbocycles. The third-order valence-electron chi connectivity index (χ3n) is 7.80. The summed E-state index contributed by atoms with van der Waals surface area (Å²) < 4.78 is 39.3. The van der Waals surface area contributed by atoms with E-state index >= 15 is 0 Å². The molecule has 8 heteroatoms. The molecule has 6 rings (SSSR count). The predicted molar refractivity (Wildman–Crippen MR) is 144 cm³/mol. The molecular formula is C30H29F3N4O. The highest BCUT2D eigenvalue weighted by molar-refractivity contribution is 6.07. The van der Waals surface area contributed by atoms with Crippen molar-refractivity contribution in [3.05, 3.63) is 95.7 Å². The van der Waals surface area contributed by atoms with E-state index in [1.807, 2.05) is 35.4 Å². The summed E-state index contributed by atoms with van der Waals surface area (Å²) in [5, 5.41) is 1.22. The molecule has 1 atom stereocenters. The number of H-pyrrole nitrogens is 1. The van der Waals surface area contributed by atoms with Crippen molar-refractivity contribution in [2.24, 2.45) is 0 Å². The van der Waals surface area contributed by atoms with Gasteiger partial charge in [-0.25, -0.2) is 0 Å². The number of aromatic amines is 1. The molecule has 1 saturated heterocycles. The summed E-state index contributed by atoms with van der Waals surface area (Å²) in [6, 6.07) is 20.8. The minimum Gasteiger partial charge on any atom is -0.368 e. The van der Waals surface area contributed by atoms with Crippen LogP contribution >= 0.6 is 0 Å². The Morgan fingerprint density at radius 3 is 2.37 bits per heavy atom. The molecule has 5 nitrogen and oxygen atoms in total. The summed E-state index contributed by atoms with van der Waals surface area (Å²) in [6.45, 7) is 4.26. The van der Waals surface area contributed by atoms with Crippen molar-refractivity contribution in [1.82, 2.24) is 9.88 Å². The van der Waals surface area contributed by atoms with Crippen LogP contribution in [-0.2, 0) is 12.6 Å². The Hall–Kier alpha value is -3.78. The van der Waals surface area contributed by atoms with Gasteiger partial charge in [-0.2, -0.15) is 13.2 Å². The third kappa shape index (κ3) is 4.65. The Balaban J connectivity index is 1.20. The van der Waals surface area contributed by atoms with Crippen molar-refractivity contribution in [2.45, 2.75) is 25.1 Å². The number of fused-ring (bicyclic) bond motifs is 2. The van der Waals surface area contributed by atoms with Crippen LogP contribution in [0.2, 0.25) is 0 Å². The van der Waals surface area contributed by atoms with Gasteiger partial charge in [-0.05, 0) is 66.9 Å². The number of alkyl halides is 3. The van der Waals surface area contributed by atoms with Crippen molar-refractivity contribution >= 4 is 28.2 Å². The zero-order valence-corrected chi connectivity index (χ0v) is 20.9. The molecule has 0 spiro atoms. The van der Waals surface area contributed by atoms with Crippen LogP contribution in [0, 0.1) is 0 Å². The van der Waals surface area contributed by atoms with Crippen molar-refractivity contribution in [3.63, 3.8) is 0 Å². The maximum absolute atomic E-state index is 13.7. The Morgan fingerprint density at radius 1 is 0.868 bits per heavy atom. The van der Waals surface area contributed by atoms with Gasteiger partial charge in [0.1, 0.15) is 0 Å². The smallest absolute Gasteiger partial charge is 0.368 e. The molecule has 3 aromatic carbocycles. The predicted octanol–water partition coefficient (Wildman–Crippen LogP) is 5.97. The van der Waals surface area contributed by atoms with Gasteiger partial charge < -0.3 is 14.8 Å². The van der Waals surface area contributed by atoms with E-state index in [-0.39, 0.29) is 17.5 Å². The first-order valence-electron chi connectivity index (χ1n) is 13.0. The van der Waals surface area contributed by atoms with E-state index in [4.69, 9.17) is 0 Å². The summed E-state index contributed by atoms with van der Waals surface area (Å²) in [7, 11) is 0. The number of nitrogens with zero attached hydrogens (tertiary/aromatic N) is 3. The van der Waals surface area contributed by atoms with Crippen LogP contribution in [-0.4, -0.2) is 54.6 Å². The van der Waals surface area contributed by atoms with Gasteiger partial charge in [-0.1, -0.05) is 24.3 Å². The van der Waals surface area contributed by atoms with Crippen LogP contribution in [0.1, 0.15) is 27.9 Å². The van der Waals surface area contributed by atoms with Gasteiger partial charge in [-0.15, -0.1) is 0 Å². The number of hydrogen-bond donors (Lipinski definition) is 1. The quantitative estimate of drug-likeness (QED) is 0.362. The third-order valence-corrected chi connectivity index (χ3v) is 7.80. The van der Waals surface area contributed by atoms with Crippen LogP contribution in [0.5, 0.6) is 0 Å². The first kappa shape index (κ1) is 24.6. The van der Waals surface area contributed by atoms with Gasteiger partial charge in [0.05, 0.1) is 11.6 Å². The van der Waals surface area contributed by atoms with Crippen LogP contribution in [0.3, 0.4) is 0 Å². The first-order chi connectivity index (χ1) is 18.4. The number of para-hydroxylation sites is 1. The van der Waals surface area contributed by atoms with E-state index in [1.54, 1.807) is 0 Å². The molecule has 1 amide bonds. The SMILES string of the molecule is O=C(c1ccc(C(F)(F)F)cc1)N1c2ccccc2CCC1CN1CCN(c2cccc3[nH]ccc23)CC1. The molecule has 4 aromatic rings. The molecule has 2 aliphatic rings. The molecule has 0 saturated carbocycles. The first-order valence-corrected chi connectivity index (χ1v) is 13.0. The largest absolute Gasteiger partial charge is 0.416 e. The van der Waals surface area contributed by atoms with Crippen LogP contribution in [0.25, 0.3) is 10.9 Å². The maximum Gasteiger partial charge on any atom is 0.416 e. The maximum atomic E-state index is 13.7. The number of carbonyl (C=O) groups is 1. The minimum atomic E-state index is -4.43. The summed E-state index contributed by atoms with van der Waals surface area (Å²) in [5.41, 5.74) is 3.82. The topological polar surface area (TPSA) is 42.6 Å². The zero-order valence-electron chi connectivity index (χ0n) is 20.9. The monoisotopic (exact) mass is 518 g/mol. The van der Waals surface area contributed by atoms with Gasteiger partial charge >= 0.3 is 6.18 Å². The average Bonchev–Trinajstić information content (AvgIpc) is 3.42. The lowest BCUT2D eigenvalue weighted by Crippen LogP contribution is -2.54. The highest BCUT2D eigenvalue weighted by atomic mass is 19.4. The van der Waals surface area contributed by atoms with Gasteiger partial charge in [0.15, 0.2) is 0 Å². The fourth-order valence-corrected chi connectivity index (χ4v) is 5.81. The summed E-state index contributed by atoms with van der Waals surface area (Å²) in [4.78, 5) is 23.6.